The summed E-state index contributed by atoms with van der Waals surface area (Å²) in [6, 6.07) is 7.37. The predicted molar refractivity (Wildman–Crippen MR) is 83.7 cm³/mol. The fourth-order valence-electron chi connectivity index (χ4n) is 2.81. The standard InChI is InChI=1S/C16H22ClNO3/c1-4-20-14(19)16(8-9-21-15(2,3)11-16)18-13-7-5-6-12(17)10-13/h5-7,10,18H,4,8-9,11H2,1-3H3. The highest BCUT2D eigenvalue weighted by molar-refractivity contribution is 6.30. The average molecular weight is 312 g/mol. The van der Waals surface area contributed by atoms with Gasteiger partial charge < -0.3 is 14.8 Å². The molecule has 1 fully saturated rings. The summed E-state index contributed by atoms with van der Waals surface area (Å²) in [5.41, 5.74) is -0.341. The molecule has 0 spiro atoms. The van der Waals surface area contributed by atoms with Gasteiger partial charge in [-0.2, -0.15) is 0 Å². The first-order valence-electron chi connectivity index (χ1n) is 7.22. The second-order valence-electron chi connectivity index (χ2n) is 5.97. The molecule has 0 radical (unpaired) electrons. The molecule has 1 aromatic carbocycles. The maximum absolute atomic E-state index is 12.5. The minimum Gasteiger partial charge on any atom is -0.464 e. The van der Waals surface area contributed by atoms with Crippen LogP contribution in [0.2, 0.25) is 5.02 Å². The van der Waals surface area contributed by atoms with Gasteiger partial charge in [0.25, 0.3) is 0 Å². The van der Waals surface area contributed by atoms with E-state index >= 15 is 0 Å². The van der Waals surface area contributed by atoms with Crippen molar-refractivity contribution in [2.75, 3.05) is 18.5 Å². The Hall–Kier alpha value is -1.26. The number of hydrogen-bond donors (Lipinski definition) is 1. The summed E-state index contributed by atoms with van der Waals surface area (Å²) < 4.78 is 11.0. The first-order valence-corrected chi connectivity index (χ1v) is 7.60. The highest BCUT2D eigenvalue weighted by atomic mass is 35.5. The molecule has 2 rings (SSSR count). The predicted octanol–water partition coefficient (Wildman–Crippen LogP) is 3.64. The van der Waals surface area contributed by atoms with Crippen molar-refractivity contribution in [3.8, 4) is 0 Å². The molecule has 1 heterocycles. The lowest BCUT2D eigenvalue weighted by Crippen LogP contribution is -2.56. The molecule has 0 aromatic heterocycles. The van der Waals surface area contributed by atoms with E-state index in [9.17, 15) is 4.79 Å². The van der Waals surface area contributed by atoms with Crippen LogP contribution in [0.25, 0.3) is 0 Å². The van der Waals surface area contributed by atoms with Gasteiger partial charge in [0, 0.05) is 23.6 Å². The van der Waals surface area contributed by atoms with Crippen LogP contribution in [0.3, 0.4) is 0 Å². The van der Waals surface area contributed by atoms with Crippen molar-refractivity contribution in [3.05, 3.63) is 29.3 Å². The second kappa shape index (κ2) is 6.24. The Labute approximate surface area is 130 Å². The van der Waals surface area contributed by atoms with E-state index in [1.807, 2.05) is 39.0 Å². The van der Waals surface area contributed by atoms with Gasteiger partial charge in [-0.05, 0) is 39.0 Å². The molecule has 1 aromatic rings. The van der Waals surface area contributed by atoms with Crippen LogP contribution >= 0.6 is 11.6 Å². The fourth-order valence-corrected chi connectivity index (χ4v) is 3.00. The number of hydrogen-bond acceptors (Lipinski definition) is 4. The monoisotopic (exact) mass is 311 g/mol. The summed E-state index contributed by atoms with van der Waals surface area (Å²) in [4.78, 5) is 12.5. The number of ether oxygens (including phenoxy) is 2. The molecule has 4 nitrogen and oxygen atoms in total. The fraction of sp³-hybridized carbons (Fsp3) is 0.562. The highest BCUT2D eigenvalue weighted by Gasteiger charge is 2.47. The number of anilines is 1. The maximum atomic E-state index is 12.5. The molecule has 21 heavy (non-hydrogen) atoms. The molecule has 116 valence electrons. The van der Waals surface area contributed by atoms with Crippen molar-refractivity contribution >= 4 is 23.3 Å². The Kier molecular flexibility index (Phi) is 4.79. The van der Waals surface area contributed by atoms with Crippen LogP contribution < -0.4 is 5.32 Å². The molecule has 1 aliphatic rings. The summed E-state index contributed by atoms with van der Waals surface area (Å²) in [7, 11) is 0. The van der Waals surface area contributed by atoms with Gasteiger partial charge in [-0.15, -0.1) is 0 Å². The van der Waals surface area contributed by atoms with Crippen molar-refractivity contribution in [1.29, 1.82) is 0 Å². The van der Waals surface area contributed by atoms with E-state index in [0.29, 0.717) is 31.1 Å². The lowest BCUT2D eigenvalue weighted by Gasteiger charge is -2.43. The number of carbonyl (C=O) groups is 1. The third kappa shape index (κ3) is 3.89. The SMILES string of the molecule is CCOC(=O)C1(Nc2cccc(Cl)c2)CCOC(C)(C)C1. The lowest BCUT2D eigenvalue weighted by atomic mass is 9.81. The zero-order valence-corrected chi connectivity index (χ0v) is 13.5. The molecule has 1 atom stereocenters. The molecular formula is C16H22ClNO3. The molecule has 1 unspecified atom stereocenters. The molecule has 0 aliphatic carbocycles. The normalized spacial score (nSPS) is 24.4. The number of halogens is 1. The van der Waals surface area contributed by atoms with E-state index in [0.717, 1.165) is 5.69 Å². The quantitative estimate of drug-likeness (QED) is 0.862. The number of rotatable bonds is 4. The van der Waals surface area contributed by atoms with Crippen LogP contribution in [-0.2, 0) is 14.3 Å². The maximum Gasteiger partial charge on any atom is 0.331 e. The van der Waals surface area contributed by atoms with Crippen molar-refractivity contribution in [2.24, 2.45) is 0 Å². The minimum absolute atomic E-state index is 0.235. The molecule has 0 saturated carbocycles. The average Bonchev–Trinajstić information content (AvgIpc) is 2.37. The van der Waals surface area contributed by atoms with E-state index in [1.165, 1.54) is 0 Å². The third-order valence-corrected chi connectivity index (χ3v) is 3.86. The van der Waals surface area contributed by atoms with Crippen molar-refractivity contribution in [3.63, 3.8) is 0 Å². The van der Waals surface area contributed by atoms with E-state index in [4.69, 9.17) is 21.1 Å². The summed E-state index contributed by atoms with van der Waals surface area (Å²) in [5.74, 6) is -0.235. The van der Waals surface area contributed by atoms with Gasteiger partial charge in [0.1, 0.15) is 5.54 Å². The number of benzene rings is 1. The van der Waals surface area contributed by atoms with E-state index < -0.39 is 5.54 Å². The Morgan fingerprint density at radius 2 is 2.24 bits per heavy atom. The summed E-state index contributed by atoms with van der Waals surface area (Å²) in [5, 5.41) is 3.97. The smallest absolute Gasteiger partial charge is 0.331 e. The van der Waals surface area contributed by atoms with Crippen molar-refractivity contribution in [1.82, 2.24) is 0 Å². The van der Waals surface area contributed by atoms with Crippen LogP contribution in [0.4, 0.5) is 5.69 Å². The van der Waals surface area contributed by atoms with Crippen molar-refractivity contribution < 1.29 is 14.3 Å². The van der Waals surface area contributed by atoms with Crippen LogP contribution in [0, 0.1) is 0 Å². The van der Waals surface area contributed by atoms with Gasteiger partial charge in [-0.3, -0.25) is 0 Å². The van der Waals surface area contributed by atoms with Gasteiger partial charge in [0.15, 0.2) is 0 Å². The third-order valence-electron chi connectivity index (χ3n) is 3.62. The van der Waals surface area contributed by atoms with E-state index in [1.54, 1.807) is 6.07 Å². The van der Waals surface area contributed by atoms with Gasteiger partial charge in [0.05, 0.1) is 18.8 Å². The van der Waals surface area contributed by atoms with Crippen LogP contribution in [0.15, 0.2) is 24.3 Å². The lowest BCUT2D eigenvalue weighted by molar-refractivity contribution is -0.158. The molecule has 1 aliphatic heterocycles. The molecule has 0 amide bonds. The van der Waals surface area contributed by atoms with Crippen molar-refractivity contribution in [2.45, 2.75) is 44.8 Å². The first kappa shape index (κ1) is 16.1. The molecular weight excluding hydrogens is 290 g/mol. The van der Waals surface area contributed by atoms with Crippen LogP contribution in [-0.4, -0.2) is 30.3 Å². The first-order chi connectivity index (χ1) is 9.87. The van der Waals surface area contributed by atoms with E-state index in [-0.39, 0.29) is 11.6 Å². The number of esters is 1. The molecule has 1 N–H and O–H groups in total. The molecule has 1 saturated heterocycles. The summed E-state index contributed by atoms with van der Waals surface area (Å²) in [6.45, 7) is 6.66. The second-order valence-corrected chi connectivity index (χ2v) is 6.41. The van der Waals surface area contributed by atoms with Gasteiger partial charge in [0.2, 0.25) is 0 Å². The summed E-state index contributed by atoms with van der Waals surface area (Å²) >= 11 is 6.02. The Balaban J connectivity index is 2.29. The zero-order chi connectivity index (χ0) is 15.5. The van der Waals surface area contributed by atoms with Crippen LogP contribution in [0.1, 0.15) is 33.6 Å². The van der Waals surface area contributed by atoms with Crippen LogP contribution in [0.5, 0.6) is 0 Å². The zero-order valence-electron chi connectivity index (χ0n) is 12.7. The minimum atomic E-state index is -0.775. The number of nitrogens with one attached hydrogen (secondary N) is 1. The Bertz CT molecular complexity index is 518. The molecule has 0 bridgehead atoms. The van der Waals surface area contributed by atoms with Gasteiger partial charge >= 0.3 is 5.97 Å². The number of carbonyl (C=O) groups excluding carboxylic acids is 1. The Morgan fingerprint density at radius 1 is 1.48 bits per heavy atom. The summed E-state index contributed by atoms with van der Waals surface area (Å²) in [6.07, 6.45) is 1.12. The topological polar surface area (TPSA) is 47.6 Å². The Morgan fingerprint density at radius 3 is 2.86 bits per heavy atom. The molecule has 5 heteroatoms. The van der Waals surface area contributed by atoms with Gasteiger partial charge in [-0.1, -0.05) is 17.7 Å². The van der Waals surface area contributed by atoms with E-state index in [2.05, 4.69) is 5.32 Å². The highest BCUT2D eigenvalue weighted by Crippen LogP contribution is 2.36. The van der Waals surface area contributed by atoms with Gasteiger partial charge in [-0.25, -0.2) is 4.79 Å². The largest absolute Gasteiger partial charge is 0.464 e.